The van der Waals surface area contributed by atoms with Gasteiger partial charge in [0.1, 0.15) is 17.9 Å². The molecule has 3 rings (SSSR count). The quantitative estimate of drug-likeness (QED) is 0.0876. The van der Waals surface area contributed by atoms with Crippen LogP contribution in [0.25, 0.3) is 21.9 Å². The third kappa shape index (κ3) is 10.5. The van der Waals surface area contributed by atoms with E-state index < -0.39 is 52.0 Å². The number of anilines is 1. The number of carbonyl (C=O) groups is 2. The smallest absolute Gasteiger partial charge is 0.432 e. The van der Waals surface area contributed by atoms with Gasteiger partial charge in [0, 0.05) is 12.0 Å². The molecule has 0 radical (unpaired) electrons. The lowest BCUT2D eigenvalue weighted by atomic mass is 10.1. The molecular formula is C29H43N4O11P. The molecule has 0 aliphatic rings. The van der Waals surface area contributed by atoms with E-state index in [1.165, 1.54) is 0 Å². The molecule has 0 saturated heterocycles. The fourth-order valence-corrected chi connectivity index (χ4v) is 5.25. The molecule has 0 bridgehead atoms. The fraction of sp³-hybridized carbons (Fsp3) is 0.586. The molecule has 3 aromatic rings. The van der Waals surface area contributed by atoms with Gasteiger partial charge in [0.05, 0.1) is 35.9 Å². The average Bonchev–Trinajstić information content (AvgIpc) is 3.35. The van der Waals surface area contributed by atoms with Crippen LogP contribution in [0.2, 0.25) is 0 Å². The molecule has 16 heteroatoms. The third-order valence-corrected chi connectivity index (χ3v) is 7.49. The van der Waals surface area contributed by atoms with E-state index in [0.29, 0.717) is 35.4 Å². The Hall–Kier alpha value is -3.49. The number of unbranched alkanes of at least 4 members (excludes halogenated alkanes) is 1. The zero-order valence-electron chi connectivity index (χ0n) is 26.6. The number of ether oxygens (including phenoxy) is 5. The Balaban J connectivity index is 1.95. The number of hydrogen-bond acceptors (Lipinski definition) is 14. The second-order valence-electron chi connectivity index (χ2n) is 10.4. The van der Waals surface area contributed by atoms with E-state index in [2.05, 4.69) is 4.98 Å². The van der Waals surface area contributed by atoms with Crippen molar-refractivity contribution in [3.8, 4) is 0 Å². The number of nitrogens with zero attached hydrogens (tertiary/aromatic N) is 3. The first-order valence-electron chi connectivity index (χ1n) is 14.8. The summed E-state index contributed by atoms with van der Waals surface area (Å²) in [5.74, 6) is 0.821. The fourth-order valence-electron chi connectivity index (χ4n) is 4.30. The summed E-state index contributed by atoms with van der Waals surface area (Å²) in [7, 11) is -4.51. The van der Waals surface area contributed by atoms with E-state index in [1.807, 2.05) is 42.7 Å². The van der Waals surface area contributed by atoms with Gasteiger partial charge in [-0.05, 0) is 47.1 Å². The number of phosphoric acid groups is 1. The zero-order valence-corrected chi connectivity index (χ0v) is 27.4. The third-order valence-electron chi connectivity index (χ3n) is 6.18. The highest BCUT2D eigenvalue weighted by molar-refractivity contribution is 7.48. The minimum Gasteiger partial charge on any atom is -0.432 e. The monoisotopic (exact) mass is 654 g/mol. The van der Waals surface area contributed by atoms with Gasteiger partial charge >= 0.3 is 20.1 Å². The van der Waals surface area contributed by atoms with Crippen LogP contribution >= 0.6 is 7.82 Å². The summed E-state index contributed by atoms with van der Waals surface area (Å²) in [4.78, 5) is 33.0. The number of rotatable bonds is 18. The Morgan fingerprint density at radius 3 is 2.13 bits per heavy atom. The van der Waals surface area contributed by atoms with Crippen molar-refractivity contribution >= 4 is 47.9 Å². The van der Waals surface area contributed by atoms with Crippen LogP contribution in [0, 0.1) is 0 Å². The number of nitrogen functional groups attached to an aromatic ring is 1. The predicted octanol–water partition coefficient (Wildman–Crippen LogP) is 6.63. The summed E-state index contributed by atoms with van der Waals surface area (Å²) >= 11 is 0. The maximum absolute atomic E-state index is 13.7. The van der Waals surface area contributed by atoms with Gasteiger partial charge in [0.15, 0.2) is 5.82 Å². The molecule has 1 unspecified atom stereocenters. The van der Waals surface area contributed by atoms with Gasteiger partial charge in [-0.2, -0.15) is 0 Å². The van der Waals surface area contributed by atoms with Crippen LogP contribution in [-0.4, -0.2) is 65.9 Å². The second kappa shape index (κ2) is 17.3. The maximum Gasteiger partial charge on any atom is 0.510 e. The Kier molecular flexibility index (Phi) is 13.8. The normalized spacial score (nSPS) is 12.6. The van der Waals surface area contributed by atoms with Crippen LogP contribution in [0.5, 0.6) is 0 Å². The van der Waals surface area contributed by atoms with E-state index in [1.54, 1.807) is 27.7 Å². The first kappa shape index (κ1) is 36.0. The Bertz CT molecular complexity index is 1430. The van der Waals surface area contributed by atoms with Gasteiger partial charge in [-0.15, -0.1) is 0 Å². The van der Waals surface area contributed by atoms with Crippen LogP contribution < -0.4 is 5.73 Å². The summed E-state index contributed by atoms with van der Waals surface area (Å²) in [5.41, 5.74) is 8.24. The molecule has 1 atom stereocenters. The standard InChI is InChI=1S/C29H43N4O11P/c1-7-9-12-21(33-24(16-37-8-2)32-25-26(33)22-13-10-11-14-23(22)31-27(25)30)15-40-45(36,41-17-38-28(34)43-19(3)4)42-18-39-29(35)44-20(5)6/h10-11,13-14,19-21H,7-9,12,15-18H2,1-6H3,(H2,30,31). The van der Waals surface area contributed by atoms with Gasteiger partial charge in [-0.1, -0.05) is 38.0 Å². The molecule has 15 nitrogen and oxygen atoms in total. The SMILES string of the molecule is CCCCC(COP(=O)(OCOC(=O)OC(C)C)OCOC(=O)OC(C)C)n1c(COCC)nc2c(N)nc3ccccc3c21. The number of benzene rings is 1. The van der Waals surface area contributed by atoms with Crippen molar-refractivity contribution in [3.63, 3.8) is 0 Å². The van der Waals surface area contributed by atoms with Crippen LogP contribution in [0.3, 0.4) is 0 Å². The molecule has 45 heavy (non-hydrogen) atoms. The Morgan fingerprint density at radius 2 is 1.56 bits per heavy atom. The summed E-state index contributed by atoms with van der Waals surface area (Å²) < 4.78 is 57.3. The number of hydrogen-bond donors (Lipinski definition) is 1. The highest BCUT2D eigenvalue weighted by Crippen LogP contribution is 2.50. The molecule has 0 aliphatic carbocycles. The van der Waals surface area contributed by atoms with Gasteiger partial charge in [0.25, 0.3) is 0 Å². The topological polar surface area (TPSA) is 182 Å². The first-order valence-corrected chi connectivity index (χ1v) is 16.3. The molecule has 0 spiro atoms. The molecule has 0 saturated carbocycles. The summed E-state index contributed by atoms with van der Waals surface area (Å²) in [5, 5.41) is 0.809. The Labute approximate surface area is 262 Å². The Morgan fingerprint density at radius 1 is 0.933 bits per heavy atom. The lowest BCUT2D eigenvalue weighted by Gasteiger charge is -2.25. The number of pyridine rings is 1. The van der Waals surface area contributed by atoms with E-state index in [-0.39, 0.29) is 19.0 Å². The lowest BCUT2D eigenvalue weighted by Crippen LogP contribution is -2.20. The zero-order chi connectivity index (χ0) is 33.0. The highest BCUT2D eigenvalue weighted by Gasteiger charge is 2.32. The lowest BCUT2D eigenvalue weighted by molar-refractivity contribution is -0.0467. The van der Waals surface area contributed by atoms with Crippen LogP contribution in [0.1, 0.15) is 72.7 Å². The first-order chi connectivity index (χ1) is 21.5. The number of aromatic nitrogens is 3. The second-order valence-corrected chi connectivity index (χ2v) is 12.1. The maximum atomic E-state index is 13.7. The average molecular weight is 655 g/mol. The molecular weight excluding hydrogens is 611 g/mol. The largest absolute Gasteiger partial charge is 0.510 e. The van der Waals surface area contributed by atoms with Gasteiger partial charge in [-0.25, -0.2) is 33.2 Å². The van der Waals surface area contributed by atoms with Crippen LogP contribution in [0.4, 0.5) is 15.4 Å². The number of fused-ring (bicyclic) bond motifs is 3. The highest BCUT2D eigenvalue weighted by atomic mass is 31.2. The number of para-hydroxylation sites is 1. The van der Waals surface area contributed by atoms with Gasteiger partial charge in [0.2, 0.25) is 13.6 Å². The molecule has 2 N–H and O–H groups in total. The molecule has 0 fully saturated rings. The van der Waals surface area contributed by atoms with Gasteiger partial charge in [-0.3, -0.25) is 4.52 Å². The molecule has 1 aromatic carbocycles. The number of imidazole rings is 1. The van der Waals surface area contributed by atoms with Crippen molar-refractivity contribution in [2.45, 2.75) is 85.7 Å². The van der Waals surface area contributed by atoms with Crippen molar-refractivity contribution < 1.29 is 51.4 Å². The van der Waals surface area contributed by atoms with Crippen molar-refractivity contribution in [1.82, 2.24) is 14.5 Å². The van der Waals surface area contributed by atoms with Crippen LogP contribution in [-0.2, 0) is 48.4 Å². The number of phosphoric ester groups is 1. The molecule has 250 valence electrons. The molecule has 2 heterocycles. The van der Waals surface area contributed by atoms with Crippen molar-refractivity contribution in [1.29, 1.82) is 0 Å². The number of nitrogens with two attached hydrogens (primary N) is 1. The van der Waals surface area contributed by atoms with Crippen molar-refractivity contribution in [2.75, 3.05) is 32.5 Å². The predicted molar refractivity (Wildman–Crippen MR) is 164 cm³/mol. The minimum atomic E-state index is -4.51. The van der Waals surface area contributed by atoms with E-state index >= 15 is 0 Å². The van der Waals surface area contributed by atoms with Gasteiger partial charge < -0.3 is 34.0 Å². The molecule has 0 amide bonds. The number of carbonyl (C=O) groups excluding carboxylic acids is 2. The van der Waals surface area contributed by atoms with E-state index in [4.69, 9.17) is 48.0 Å². The molecule has 0 aliphatic heterocycles. The van der Waals surface area contributed by atoms with E-state index in [0.717, 1.165) is 18.2 Å². The summed E-state index contributed by atoms with van der Waals surface area (Å²) in [6.45, 7) is 9.22. The van der Waals surface area contributed by atoms with Crippen LogP contribution in [0.15, 0.2) is 24.3 Å². The minimum absolute atomic E-state index is 0.170. The molecule has 2 aromatic heterocycles. The van der Waals surface area contributed by atoms with Crippen molar-refractivity contribution in [3.05, 3.63) is 30.1 Å². The summed E-state index contributed by atoms with van der Waals surface area (Å²) in [6, 6.07) is 7.06. The summed E-state index contributed by atoms with van der Waals surface area (Å²) in [6.07, 6.45) is -0.778. The van der Waals surface area contributed by atoms with E-state index in [9.17, 15) is 14.2 Å². The van der Waals surface area contributed by atoms with Crippen molar-refractivity contribution in [2.24, 2.45) is 0 Å².